The van der Waals surface area contributed by atoms with E-state index in [0.717, 1.165) is 11.1 Å². The van der Waals surface area contributed by atoms with Gasteiger partial charge in [0.25, 0.3) is 0 Å². The summed E-state index contributed by atoms with van der Waals surface area (Å²) in [4.78, 5) is 0. The van der Waals surface area contributed by atoms with Crippen molar-refractivity contribution >= 4 is 0 Å². The average molecular weight is 224 g/mol. The lowest BCUT2D eigenvalue weighted by Gasteiger charge is -2.32. The maximum atomic E-state index is 10.5. The summed E-state index contributed by atoms with van der Waals surface area (Å²) in [6.07, 6.45) is -0.672. The molecule has 1 atom stereocenters. The van der Waals surface area contributed by atoms with E-state index in [0.29, 0.717) is 0 Å². The number of hydrogen-bond donors (Lipinski definition) is 1. The minimum absolute atomic E-state index is 0.672. The fourth-order valence-corrected chi connectivity index (χ4v) is 2.06. The summed E-state index contributed by atoms with van der Waals surface area (Å²) in [5.41, 5.74) is 1.88. The molecule has 1 unspecified atom stereocenters. The zero-order valence-corrected chi connectivity index (χ0v) is 10.6. The van der Waals surface area contributed by atoms with E-state index in [1.807, 2.05) is 32.0 Å². The fourth-order valence-electron chi connectivity index (χ4n) is 2.06. The topological polar surface area (TPSA) is 38.7 Å². The summed E-state index contributed by atoms with van der Waals surface area (Å²) in [5, 5.41) is 10.5. The van der Waals surface area contributed by atoms with Gasteiger partial charge in [-0.15, -0.1) is 0 Å². The molecule has 0 radical (unpaired) electrons. The lowest BCUT2D eigenvalue weighted by Crippen LogP contribution is -2.39. The maximum absolute atomic E-state index is 10.5. The molecule has 1 N–H and O–H groups in total. The SMILES string of the molecule is COC(OC)C(C)(O)c1ccc(C)cc1C. The number of aryl methyl sites for hydroxylation is 2. The maximum Gasteiger partial charge on any atom is 0.189 e. The first-order chi connectivity index (χ1) is 7.43. The number of rotatable bonds is 4. The average Bonchev–Trinajstić information content (AvgIpc) is 2.18. The molecule has 16 heavy (non-hydrogen) atoms. The van der Waals surface area contributed by atoms with E-state index >= 15 is 0 Å². The number of hydrogen-bond acceptors (Lipinski definition) is 3. The molecular weight excluding hydrogens is 204 g/mol. The van der Waals surface area contributed by atoms with Crippen LogP contribution in [-0.2, 0) is 15.1 Å². The highest BCUT2D eigenvalue weighted by Gasteiger charge is 2.35. The van der Waals surface area contributed by atoms with Gasteiger partial charge in [0.1, 0.15) is 5.60 Å². The number of ether oxygens (including phenoxy) is 2. The molecule has 0 aliphatic rings. The fraction of sp³-hybridized carbons (Fsp3) is 0.538. The van der Waals surface area contributed by atoms with Crippen LogP contribution in [0, 0.1) is 13.8 Å². The highest BCUT2D eigenvalue weighted by atomic mass is 16.7. The van der Waals surface area contributed by atoms with Crippen LogP contribution in [0.3, 0.4) is 0 Å². The summed E-state index contributed by atoms with van der Waals surface area (Å²) in [7, 11) is 3.04. The van der Waals surface area contributed by atoms with Crippen LogP contribution < -0.4 is 0 Å². The lowest BCUT2D eigenvalue weighted by atomic mass is 9.90. The highest BCUT2D eigenvalue weighted by Crippen LogP contribution is 2.29. The van der Waals surface area contributed by atoms with E-state index in [-0.39, 0.29) is 0 Å². The van der Waals surface area contributed by atoms with Gasteiger partial charge >= 0.3 is 0 Å². The first-order valence-electron chi connectivity index (χ1n) is 5.29. The Bertz CT molecular complexity index is 354. The number of benzene rings is 1. The Morgan fingerprint density at radius 1 is 1.19 bits per heavy atom. The van der Waals surface area contributed by atoms with Crippen LogP contribution in [-0.4, -0.2) is 25.6 Å². The predicted molar refractivity (Wildman–Crippen MR) is 63.3 cm³/mol. The van der Waals surface area contributed by atoms with E-state index < -0.39 is 11.9 Å². The van der Waals surface area contributed by atoms with Crippen LogP contribution in [0.25, 0.3) is 0 Å². The first kappa shape index (κ1) is 13.2. The third-order valence-electron chi connectivity index (χ3n) is 2.81. The van der Waals surface area contributed by atoms with Gasteiger partial charge in [0.05, 0.1) is 0 Å². The summed E-state index contributed by atoms with van der Waals surface area (Å²) < 4.78 is 10.3. The molecule has 3 nitrogen and oxygen atoms in total. The van der Waals surface area contributed by atoms with Crippen molar-refractivity contribution in [3.8, 4) is 0 Å². The predicted octanol–water partition coefficient (Wildman–Crippen LogP) is 2.13. The van der Waals surface area contributed by atoms with Gasteiger partial charge in [0.15, 0.2) is 6.29 Å². The third-order valence-corrected chi connectivity index (χ3v) is 2.81. The molecule has 0 fully saturated rings. The van der Waals surface area contributed by atoms with Gasteiger partial charge in [0.2, 0.25) is 0 Å². The Morgan fingerprint density at radius 3 is 2.19 bits per heavy atom. The summed E-state index contributed by atoms with van der Waals surface area (Å²) in [5.74, 6) is 0. The summed E-state index contributed by atoms with van der Waals surface area (Å²) in [6, 6.07) is 5.92. The second kappa shape index (κ2) is 4.95. The van der Waals surface area contributed by atoms with Gasteiger partial charge in [-0.05, 0) is 31.9 Å². The van der Waals surface area contributed by atoms with E-state index in [2.05, 4.69) is 0 Å². The minimum atomic E-state index is -1.15. The van der Waals surface area contributed by atoms with E-state index in [1.54, 1.807) is 6.92 Å². The lowest BCUT2D eigenvalue weighted by molar-refractivity contribution is -0.213. The van der Waals surface area contributed by atoms with Gasteiger partial charge in [-0.2, -0.15) is 0 Å². The Morgan fingerprint density at radius 2 is 1.75 bits per heavy atom. The van der Waals surface area contributed by atoms with Crippen molar-refractivity contribution in [2.24, 2.45) is 0 Å². The molecular formula is C13H20O3. The van der Waals surface area contributed by atoms with E-state index in [1.165, 1.54) is 19.8 Å². The van der Waals surface area contributed by atoms with Crippen molar-refractivity contribution in [3.05, 3.63) is 34.9 Å². The monoisotopic (exact) mass is 224 g/mol. The zero-order chi connectivity index (χ0) is 12.3. The molecule has 0 bridgehead atoms. The Labute approximate surface area is 97.0 Å². The molecule has 0 aromatic heterocycles. The van der Waals surface area contributed by atoms with E-state index in [4.69, 9.17) is 9.47 Å². The van der Waals surface area contributed by atoms with Crippen LogP contribution in [0.2, 0.25) is 0 Å². The molecule has 90 valence electrons. The van der Waals surface area contributed by atoms with Crippen LogP contribution >= 0.6 is 0 Å². The minimum Gasteiger partial charge on any atom is -0.380 e. The third kappa shape index (κ3) is 2.43. The molecule has 0 amide bonds. The second-order valence-corrected chi connectivity index (χ2v) is 4.27. The largest absolute Gasteiger partial charge is 0.380 e. The van der Waals surface area contributed by atoms with Crippen molar-refractivity contribution in [1.29, 1.82) is 0 Å². The van der Waals surface area contributed by atoms with Crippen LogP contribution in [0.1, 0.15) is 23.6 Å². The van der Waals surface area contributed by atoms with Crippen molar-refractivity contribution in [2.45, 2.75) is 32.7 Å². The molecule has 1 aromatic carbocycles. The molecule has 1 aromatic rings. The second-order valence-electron chi connectivity index (χ2n) is 4.27. The number of methoxy groups -OCH3 is 2. The number of aliphatic hydroxyl groups is 1. The highest BCUT2D eigenvalue weighted by molar-refractivity contribution is 5.34. The zero-order valence-electron chi connectivity index (χ0n) is 10.6. The van der Waals surface area contributed by atoms with Crippen molar-refractivity contribution in [3.63, 3.8) is 0 Å². The Kier molecular flexibility index (Phi) is 4.08. The van der Waals surface area contributed by atoms with Crippen molar-refractivity contribution in [1.82, 2.24) is 0 Å². The normalized spacial score (nSPS) is 15.2. The molecule has 0 heterocycles. The Balaban J connectivity index is 3.15. The quantitative estimate of drug-likeness (QED) is 0.796. The molecule has 0 spiro atoms. The van der Waals surface area contributed by atoms with Gasteiger partial charge in [0, 0.05) is 14.2 Å². The molecule has 0 saturated heterocycles. The van der Waals surface area contributed by atoms with Gasteiger partial charge in [-0.3, -0.25) is 0 Å². The summed E-state index contributed by atoms with van der Waals surface area (Å²) in [6.45, 7) is 5.69. The molecule has 0 saturated carbocycles. The van der Waals surface area contributed by atoms with Gasteiger partial charge in [-0.1, -0.05) is 23.8 Å². The molecule has 0 aliphatic heterocycles. The van der Waals surface area contributed by atoms with Gasteiger partial charge in [-0.25, -0.2) is 0 Å². The first-order valence-corrected chi connectivity index (χ1v) is 5.29. The van der Waals surface area contributed by atoms with E-state index in [9.17, 15) is 5.11 Å². The van der Waals surface area contributed by atoms with Gasteiger partial charge < -0.3 is 14.6 Å². The van der Waals surface area contributed by atoms with Crippen LogP contribution in [0.15, 0.2) is 18.2 Å². The van der Waals surface area contributed by atoms with Crippen LogP contribution in [0.5, 0.6) is 0 Å². The molecule has 1 rings (SSSR count). The smallest absolute Gasteiger partial charge is 0.189 e. The Hall–Kier alpha value is -0.900. The summed E-state index contributed by atoms with van der Waals surface area (Å²) >= 11 is 0. The molecule has 3 heteroatoms. The molecule has 0 aliphatic carbocycles. The van der Waals surface area contributed by atoms with Crippen LogP contribution in [0.4, 0.5) is 0 Å². The van der Waals surface area contributed by atoms with Crippen molar-refractivity contribution < 1.29 is 14.6 Å². The standard InChI is InChI=1S/C13H20O3/c1-9-6-7-11(10(2)8-9)13(3,14)12(15-4)16-5/h6-8,12,14H,1-5H3. The van der Waals surface area contributed by atoms with Crippen molar-refractivity contribution in [2.75, 3.05) is 14.2 Å².